The standard InChI is InChI=1S/C20H21ClN6O2S/c21-16-11-30-18(26-16)17(28)23-10-4-7-15(14-5-2-1-3-6-14)25-19(29)20(8-9-20)27-13-22-12-24-27/h1-3,5-6,11-13,15H,4,7-10H2,(H,23,28)(H,25,29). The minimum Gasteiger partial charge on any atom is -0.350 e. The minimum absolute atomic E-state index is 0.0525. The zero-order valence-electron chi connectivity index (χ0n) is 16.1. The van der Waals surface area contributed by atoms with Crippen molar-refractivity contribution < 1.29 is 9.59 Å². The van der Waals surface area contributed by atoms with Gasteiger partial charge in [0, 0.05) is 11.9 Å². The highest BCUT2D eigenvalue weighted by Gasteiger charge is 2.53. The van der Waals surface area contributed by atoms with Gasteiger partial charge in [-0.2, -0.15) is 5.10 Å². The van der Waals surface area contributed by atoms with E-state index < -0.39 is 5.54 Å². The fourth-order valence-electron chi connectivity index (χ4n) is 3.35. The summed E-state index contributed by atoms with van der Waals surface area (Å²) < 4.78 is 1.64. The highest BCUT2D eigenvalue weighted by atomic mass is 35.5. The summed E-state index contributed by atoms with van der Waals surface area (Å²) in [5, 5.41) is 12.5. The molecule has 8 nitrogen and oxygen atoms in total. The number of aromatic nitrogens is 4. The second-order valence-corrected chi connectivity index (χ2v) is 8.43. The highest BCUT2D eigenvalue weighted by Crippen LogP contribution is 2.43. The Morgan fingerprint density at radius 3 is 2.70 bits per heavy atom. The first-order chi connectivity index (χ1) is 14.6. The van der Waals surface area contributed by atoms with Gasteiger partial charge in [0.05, 0.1) is 6.04 Å². The van der Waals surface area contributed by atoms with E-state index in [9.17, 15) is 9.59 Å². The van der Waals surface area contributed by atoms with Crippen LogP contribution in [0.15, 0.2) is 48.4 Å². The van der Waals surface area contributed by atoms with Gasteiger partial charge in [0.1, 0.15) is 23.3 Å². The van der Waals surface area contributed by atoms with Crippen LogP contribution in [0.25, 0.3) is 0 Å². The molecule has 0 radical (unpaired) electrons. The van der Waals surface area contributed by atoms with E-state index in [1.807, 2.05) is 30.3 Å². The first-order valence-corrected chi connectivity index (χ1v) is 10.9. The van der Waals surface area contributed by atoms with Crippen molar-refractivity contribution in [2.45, 2.75) is 37.3 Å². The van der Waals surface area contributed by atoms with Crippen LogP contribution >= 0.6 is 22.9 Å². The van der Waals surface area contributed by atoms with Crippen LogP contribution in [0, 0.1) is 0 Å². The Labute approximate surface area is 182 Å². The molecule has 3 aromatic rings. The van der Waals surface area contributed by atoms with Crippen LogP contribution in [-0.4, -0.2) is 38.1 Å². The Bertz CT molecular complexity index is 1000. The Hall–Kier alpha value is -2.78. The van der Waals surface area contributed by atoms with Crippen LogP contribution in [-0.2, 0) is 10.3 Å². The number of nitrogens with one attached hydrogen (secondary N) is 2. The van der Waals surface area contributed by atoms with Gasteiger partial charge in [-0.25, -0.2) is 14.6 Å². The average Bonchev–Trinajstić information content (AvgIpc) is 3.16. The van der Waals surface area contributed by atoms with E-state index in [2.05, 4.69) is 25.7 Å². The number of hydrogen-bond acceptors (Lipinski definition) is 6. The largest absolute Gasteiger partial charge is 0.350 e. The van der Waals surface area contributed by atoms with Crippen LogP contribution in [0.2, 0.25) is 5.15 Å². The molecule has 10 heteroatoms. The molecule has 2 heterocycles. The first-order valence-electron chi connectivity index (χ1n) is 9.69. The van der Waals surface area contributed by atoms with E-state index in [0.29, 0.717) is 29.5 Å². The van der Waals surface area contributed by atoms with Gasteiger partial charge in [-0.1, -0.05) is 41.9 Å². The third-order valence-corrected chi connectivity index (χ3v) is 6.30. The molecule has 2 amide bonds. The highest BCUT2D eigenvalue weighted by molar-refractivity contribution is 7.12. The lowest BCUT2D eigenvalue weighted by atomic mass is 10.0. The Morgan fingerprint density at radius 1 is 1.27 bits per heavy atom. The van der Waals surface area contributed by atoms with Gasteiger partial charge in [-0.3, -0.25) is 9.59 Å². The van der Waals surface area contributed by atoms with Crippen molar-refractivity contribution in [2.75, 3.05) is 6.54 Å². The lowest BCUT2D eigenvalue weighted by molar-refractivity contribution is -0.126. The van der Waals surface area contributed by atoms with Crippen molar-refractivity contribution in [1.29, 1.82) is 0 Å². The summed E-state index contributed by atoms with van der Waals surface area (Å²) in [5.41, 5.74) is 0.389. The fourth-order valence-corrected chi connectivity index (χ4v) is 4.21. The van der Waals surface area contributed by atoms with E-state index >= 15 is 0 Å². The third-order valence-electron chi connectivity index (χ3n) is 5.14. The molecule has 0 spiro atoms. The number of amides is 2. The average molecular weight is 445 g/mol. The molecule has 2 aromatic heterocycles. The minimum atomic E-state index is -0.637. The van der Waals surface area contributed by atoms with Crippen LogP contribution in [0.1, 0.15) is 47.1 Å². The molecule has 156 valence electrons. The lowest BCUT2D eigenvalue weighted by Crippen LogP contribution is -2.41. The maximum Gasteiger partial charge on any atom is 0.280 e. The van der Waals surface area contributed by atoms with Gasteiger partial charge >= 0.3 is 0 Å². The van der Waals surface area contributed by atoms with Crippen molar-refractivity contribution in [3.05, 3.63) is 64.1 Å². The summed E-state index contributed by atoms with van der Waals surface area (Å²) in [6.45, 7) is 0.476. The predicted molar refractivity (Wildman–Crippen MR) is 113 cm³/mol. The molecule has 4 rings (SSSR count). The normalized spacial score (nSPS) is 15.4. The molecule has 1 aliphatic rings. The fraction of sp³-hybridized carbons (Fsp3) is 0.350. The summed E-state index contributed by atoms with van der Waals surface area (Å²) in [7, 11) is 0. The quantitative estimate of drug-likeness (QED) is 0.494. The number of hydrogen-bond donors (Lipinski definition) is 2. The number of nitrogens with zero attached hydrogens (tertiary/aromatic N) is 4. The number of rotatable bonds is 9. The van der Waals surface area contributed by atoms with Gasteiger partial charge < -0.3 is 10.6 Å². The maximum absolute atomic E-state index is 13.0. The Morgan fingerprint density at radius 2 is 2.07 bits per heavy atom. The first kappa shape index (κ1) is 20.5. The number of carbonyl (C=O) groups excluding carboxylic acids is 2. The van der Waals surface area contributed by atoms with E-state index in [4.69, 9.17) is 11.6 Å². The van der Waals surface area contributed by atoms with Gasteiger partial charge in [-0.05, 0) is 31.2 Å². The van der Waals surface area contributed by atoms with Gasteiger partial charge in [0.15, 0.2) is 5.01 Å². The van der Waals surface area contributed by atoms with Crippen molar-refractivity contribution in [2.24, 2.45) is 0 Å². The molecule has 1 aromatic carbocycles. The second kappa shape index (κ2) is 8.93. The van der Waals surface area contributed by atoms with E-state index in [1.54, 1.807) is 16.4 Å². The van der Waals surface area contributed by atoms with Gasteiger partial charge in [0.25, 0.3) is 5.91 Å². The molecule has 0 aliphatic heterocycles. The number of thiazole rings is 1. The van der Waals surface area contributed by atoms with Crippen molar-refractivity contribution in [3.8, 4) is 0 Å². The predicted octanol–water partition coefficient (Wildman–Crippen LogP) is 2.94. The molecular formula is C20H21ClN6O2S. The smallest absolute Gasteiger partial charge is 0.280 e. The van der Waals surface area contributed by atoms with E-state index in [1.165, 1.54) is 17.7 Å². The molecule has 1 saturated carbocycles. The summed E-state index contributed by atoms with van der Waals surface area (Å²) in [6, 6.07) is 9.68. The second-order valence-electron chi connectivity index (χ2n) is 7.18. The summed E-state index contributed by atoms with van der Waals surface area (Å²) in [4.78, 5) is 33.1. The van der Waals surface area contributed by atoms with Crippen LogP contribution in [0.5, 0.6) is 0 Å². The SMILES string of the molecule is O=C(NCCCC(NC(=O)C1(n2cncn2)CC1)c1ccccc1)c1nc(Cl)cs1. The Kier molecular flexibility index (Phi) is 6.10. The van der Waals surface area contributed by atoms with Gasteiger partial charge in [0.2, 0.25) is 5.91 Å². The van der Waals surface area contributed by atoms with Crippen molar-refractivity contribution in [1.82, 2.24) is 30.4 Å². The molecular weight excluding hydrogens is 424 g/mol. The summed E-state index contributed by atoms with van der Waals surface area (Å²) in [6.07, 6.45) is 5.90. The molecule has 30 heavy (non-hydrogen) atoms. The monoisotopic (exact) mass is 444 g/mol. The zero-order chi connectivity index (χ0) is 21.0. The molecule has 2 N–H and O–H groups in total. The molecule has 1 atom stereocenters. The topological polar surface area (TPSA) is 102 Å². The lowest BCUT2D eigenvalue weighted by Gasteiger charge is -2.23. The van der Waals surface area contributed by atoms with E-state index in [-0.39, 0.29) is 17.9 Å². The Balaban J connectivity index is 1.36. The number of benzene rings is 1. The molecule has 0 bridgehead atoms. The molecule has 1 unspecified atom stereocenters. The van der Waals surface area contributed by atoms with Crippen LogP contribution in [0.4, 0.5) is 0 Å². The summed E-state index contributed by atoms with van der Waals surface area (Å²) in [5.74, 6) is -0.293. The molecule has 1 fully saturated rings. The summed E-state index contributed by atoms with van der Waals surface area (Å²) >= 11 is 6.98. The van der Waals surface area contributed by atoms with Crippen molar-refractivity contribution in [3.63, 3.8) is 0 Å². The number of carbonyl (C=O) groups is 2. The number of halogens is 1. The van der Waals surface area contributed by atoms with Crippen LogP contribution in [0.3, 0.4) is 0 Å². The molecule has 1 aliphatic carbocycles. The van der Waals surface area contributed by atoms with Crippen LogP contribution < -0.4 is 10.6 Å². The zero-order valence-corrected chi connectivity index (χ0v) is 17.7. The van der Waals surface area contributed by atoms with Gasteiger partial charge in [-0.15, -0.1) is 11.3 Å². The third kappa shape index (κ3) is 4.52. The molecule has 0 saturated heterocycles. The van der Waals surface area contributed by atoms with E-state index in [0.717, 1.165) is 18.4 Å². The maximum atomic E-state index is 13.0. The van der Waals surface area contributed by atoms with Crippen molar-refractivity contribution >= 4 is 34.8 Å².